The number of esters is 2. The zero-order valence-electron chi connectivity index (χ0n) is 16.7. The van der Waals surface area contributed by atoms with Crippen molar-refractivity contribution in [2.75, 3.05) is 13.2 Å². The van der Waals surface area contributed by atoms with Crippen LogP contribution in [-0.4, -0.2) is 41.5 Å². The van der Waals surface area contributed by atoms with Gasteiger partial charge in [0, 0.05) is 17.7 Å². The Balaban J connectivity index is 3.47. The highest BCUT2D eigenvalue weighted by atomic mass is 16.6. The number of nitrogens with zero attached hydrogens (tertiary/aromatic N) is 1. The van der Waals surface area contributed by atoms with Crippen molar-refractivity contribution in [3.8, 4) is 0 Å². The average molecular weight is 394 g/mol. The molecule has 28 heavy (non-hydrogen) atoms. The molecule has 9 heteroatoms. The molecule has 0 saturated heterocycles. The fourth-order valence-electron chi connectivity index (χ4n) is 2.58. The SMILES string of the molecule is CCOC(=O)C(C(=O)OCC)C(C(=O)NC(C)(C)C)c1ccc([N+](=O)[O-])cc1. The molecule has 1 aromatic rings. The van der Waals surface area contributed by atoms with E-state index in [-0.39, 0.29) is 24.5 Å². The van der Waals surface area contributed by atoms with Gasteiger partial charge < -0.3 is 14.8 Å². The fourth-order valence-corrected chi connectivity index (χ4v) is 2.58. The van der Waals surface area contributed by atoms with Crippen molar-refractivity contribution in [1.82, 2.24) is 5.32 Å². The lowest BCUT2D eigenvalue weighted by Gasteiger charge is -2.28. The van der Waals surface area contributed by atoms with E-state index in [1.54, 1.807) is 34.6 Å². The van der Waals surface area contributed by atoms with Crippen LogP contribution < -0.4 is 5.32 Å². The predicted molar refractivity (Wildman–Crippen MR) is 100 cm³/mol. The van der Waals surface area contributed by atoms with Gasteiger partial charge in [-0.05, 0) is 40.2 Å². The fraction of sp³-hybridized carbons (Fsp3) is 0.526. The Labute approximate surface area is 163 Å². The van der Waals surface area contributed by atoms with Crippen molar-refractivity contribution < 1.29 is 28.8 Å². The Morgan fingerprint density at radius 1 is 1.04 bits per heavy atom. The van der Waals surface area contributed by atoms with Crippen molar-refractivity contribution in [2.45, 2.75) is 46.1 Å². The lowest BCUT2D eigenvalue weighted by molar-refractivity contribution is -0.384. The van der Waals surface area contributed by atoms with Crippen LogP contribution in [0.25, 0.3) is 0 Å². The van der Waals surface area contributed by atoms with Gasteiger partial charge in [-0.2, -0.15) is 0 Å². The molecule has 1 rings (SSSR count). The minimum absolute atomic E-state index is 0.0165. The van der Waals surface area contributed by atoms with Crippen LogP contribution in [0.3, 0.4) is 0 Å². The number of carbonyl (C=O) groups excluding carboxylic acids is 3. The molecule has 0 aliphatic carbocycles. The molecule has 9 nitrogen and oxygen atoms in total. The molecule has 1 unspecified atom stereocenters. The Bertz CT molecular complexity index is 705. The Morgan fingerprint density at radius 3 is 1.86 bits per heavy atom. The summed E-state index contributed by atoms with van der Waals surface area (Å²) in [6.45, 7) is 8.45. The quantitative estimate of drug-likeness (QED) is 0.310. The lowest BCUT2D eigenvalue weighted by atomic mass is 9.84. The van der Waals surface area contributed by atoms with Crippen LogP contribution in [0.2, 0.25) is 0 Å². The molecule has 1 N–H and O–H groups in total. The summed E-state index contributed by atoms with van der Waals surface area (Å²) in [5.41, 5.74) is -0.551. The summed E-state index contributed by atoms with van der Waals surface area (Å²) < 4.78 is 9.98. The number of nitro groups is 1. The number of nitro benzene ring substituents is 1. The van der Waals surface area contributed by atoms with Crippen molar-refractivity contribution in [3.63, 3.8) is 0 Å². The minimum Gasteiger partial charge on any atom is -0.465 e. The van der Waals surface area contributed by atoms with Gasteiger partial charge in [-0.25, -0.2) is 0 Å². The van der Waals surface area contributed by atoms with E-state index in [9.17, 15) is 24.5 Å². The summed E-state index contributed by atoms with van der Waals surface area (Å²) in [4.78, 5) is 48.3. The van der Waals surface area contributed by atoms with Crippen molar-refractivity contribution in [3.05, 3.63) is 39.9 Å². The monoisotopic (exact) mass is 394 g/mol. The number of hydrogen-bond acceptors (Lipinski definition) is 7. The van der Waals surface area contributed by atoms with Crippen molar-refractivity contribution in [1.29, 1.82) is 0 Å². The zero-order chi connectivity index (χ0) is 21.5. The number of nitrogens with one attached hydrogen (secondary N) is 1. The summed E-state index contributed by atoms with van der Waals surface area (Å²) in [6.07, 6.45) is 0. The van der Waals surface area contributed by atoms with E-state index in [1.807, 2.05) is 0 Å². The number of benzene rings is 1. The van der Waals surface area contributed by atoms with E-state index < -0.39 is 40.1 Å². The van der Waals surface area contributed by atoms with E-state index in [1.165, 1.54) is 24.3 Å². The van der Waals surface area contributed by atoms with Crippen LogP contribution in [0, 0.1) is 16.0 Å². The van der Waals surface area contributed by atoms with Gasteiger partial charge in [0.05, 0.1) is 24.1 Å². The molecule has 0 spiro atoms. The number of rotatable bonds is 8. The second-order valence-electron chi connectivity index (χ2n) is 7.05. The second kappa shape index (κ2) is 9.82. The molecule has 154 valence electrons. The van der Waals surface area contributed by atoms with Gasteiger partial charge in [0.25, 0.3) is 5.69 Å². The van der Waals surface area contributed by atoms with Gasteiger partial charge in [0.15, 0.2) is 5.92 Å². The molecule has 0 aromatic heterocycles. The molecule has 1 amide bonds. The number of amides is 1. The summed E-state index contributed by atoms with van der Waals surface area (Å²) in [5, 5.41) is 13.6. The van der Waals surface area contributed by atoms with Crippen LogP contribution in [0.4, 0.5) is 5.69 Å². The number of carbonyl (C=O) groups is 3. The number of non-ortho nitro benzene ring substituents is 1. The summed E-state index contributed by atoms with van der Waals surface area (Å²) in [7, 11) is 0. The van der Waals surface area contributed by atoms with Crippen LogP contribution in [0.1, 0.15) is 46.1 Å². The van der Waals surface area contributed by atoms with E-state index in [0.29, 0.717) is 0 Å². The van der Waals surface area contributed by atoms with Crippen LogP contribution in [-0.2, 0) is 23.9 Å². The first-order valence-electron chi connectivity index (χ1n) is 8.91. The van der Waals surface area contributed by atoms with E-state index in [0.717, 1.165) is 0 Å². The maximum Gasteiger partial charge on any atom is 0.321 e. The van der Waals surface area contributed by atoms with Crippen LogP contribution in [0.15, 0.2) is 24.3 Å². The third-order valence-corrected chi connectivity index (χ3v) is 3.66. The van der Waals surface area contributed by atoms with Crippen molar-refractivity contribution in [2.24, 2.45) is 5.92 Å². The topological polar surface area (TPSA) is 125 Å². The molecule has 0 radical (unpaired) electrons. The smallest absolute Gasteiger partial charge is 0.321 e. The Hall–Kier alpha value is -2.97. The highest BCUT2D eigenvalue weighted by Crippen LogP contribution is 2.30. The van der Waals surface area contributed by atoms with Gasteiger partial charge in [-0.15, -0.1) is 0 Å². The van der Waals surface area contributed by atoms with E-state index >= 15 is 0 Å². The summed E-state index contributed by atoms with van der Waals surface area (Å²) in [6, 6.07) is 5.10. The molecular formula is C19H26N2O7. The Morgan fingerprint density at radius 2 is 1.50 bits per heavy atom. The van der Waals surface area contributed by atoms with E-state index in [4.69, 9.17) is 9.47 Å². The van der Waals surface area contributed by atoms with Gasteiger partial charge in [0.1, 0.15) is 0 Å². The molecule has 0 bridgehead atoms. The van der Waals surface area contributed by atoms with Crippen LogP contribution >= 0.6 is 0 Å². The predicted octanol–water partition coefficient (Wildman–Crippen LogP) is 2.34. The molecule has 0 saturated carbocycles. The zero-order valence-corrected chi connectivity index (χ0v) is 16.7. The third-order valence-electron chi connectivity index (χ3n) is 3.66. The maximum atomic E-state index is 13.0. The minimum atomic E-state index is -1.54. The first kappa shape index (κ1) is 23.1. The molecular weight excluding hydrogens is 368 g/mol. The number of ether oxygens (including phenoxy) is 2. The first-order chi connectivity index (χ1) is 13.0. The normalized spacial score (nSPS) is 12.2. The lowest BCUT2D eigenvalue weighted by Crippen LogP contribution is -2.47. The largest absolute Gasteiger partial charge is 0.465 e. The van der Waals surface area contributed by atoms with Gasteiger partial charge in [0.2, 0.25) is 5.91 Å². The summed E-state index contributed by atoms with van der Waals surface area (Å²) >= 11 is 0. The average Bonchev–Trinajstić information content (AvgIpc) is 2.58. The first-order valence-corrected chi connectivity index (χ1v) is 8.91. The van der Waals surface area contributed by atoms with E-state index in [2.05, 4.69) is 5.32 Å². The molecule has 0 aliphatic heterocycles. The molecule has 1 atom stereocenters. The molecule has 0 fully saturated rings. The molecule has 0 heterocycles. The van der Waals surface area contributed by atoms with Gasteiger partial charge >= 0.3 is 11.9 Å². The standard InChI is InChI=1S/C19H26N2O7/c1-6-27-17(23)15(18(24)28-7-2)14(16(22)20-19(3,4)5)12-8-10-13(11-9-12)21(25)26/h8-11,14-15H,6-7H2,1-5H3,(H,20,22). The third kappa shape index (κ3) is 6.33. The highest BCUT2D eigenvalue weighted by molar-refractivity contribution is 6.02. The van der Waals surface area contributed by atoms with Crippen LogP contribution in [0.5, 0.6) is 0 Å². The maximum absolute atomic E-state index is 13.0. The molecule has 0 aliphatic rings. The highest BCUT2D eigenvalue weighted by Gasteiger charge is 2.43. The van der Waals surface area contributed by atoms with Gasteiger partial charge in [-0.1, -0.05) is 12.1 Å². The Kier molecular flexibility index (Phi) is 8.09. The number of hydrogen-bond donors (Lipinski definition) is 1. The second-order valence-corrected chi connectivity index (χ2v) is 7.05. The van der Waals surface area contributed by atoms with Crippen molar-refractivity contribution >= 4 is 23.5 Å². The molecule has 1 aromatic carbocycles. The summed E-state index contributed by atoms with van der Waals surface area (Å²) in [5.74, 6) is -5.18. The van der Waals surface area contributed by atoms with Gasteiger partial charge in [-0.3, -0.25) is 24.5 Å².